The average molecular weight is 281 g/mol. The van der Waals surface area contributed by atoms with Crippen LogP contribution in [0, 0.1) is 13.8 Å². The molecule has 0 amide bonds. The molecule has 0 fully saturated rings. The van der Waals surface area contributed by atoms with Gasteiger partial charge in [-0.2, -0.15) is 0 Å². The summed E-state index contributed by atoms with van der Waals surface area (Å²) in [4.78, 5) is 0.148. The van der Waals surface area contributed by atoms with E-state index in [1.165, 1.54) is 0 Å². The Balaban J connectivity index is 2.58. The van der Waals surface area contributed by atoms with Crippen molar-refractivity contribution >= 4 is 21.6 Å². The summed E-state index contributed by atoms with van der Waals surface area (Å²) in [5, 5.41) is 3.63. The Kier molecular flexibility index (Phi) is 5.42. The molecule has 1 rings (SSSR count). The molecule has 0 aliphatic heterocycles. The number of aromatic nitrogens is 1. The van der Waals surface area contributed by atoms with Crippen LogP contribution in [0.15, 0.2) is 9.42 Å². The second-order valence-corrected chi connectivity index (χ2v) is 5.88. The molecule has 1 aromatic rings. The summed E-state index contributed by atoms with van der Waals surface area (Å²) < 4.78 is 31.2. The molecule has 0 unspecified atom stereocenters. The van der Waals surface area contributed by atoms with Crippen molar-refractivity contribution in [3.8, 4) is 0 Å². The van der Waals surface area contributed by atoms with E-state index in [1.54, 1.807) is 13.8 Å². The third kappa shape index (κ3) is 3.97. The van der Waals surface area contributed by atoms with Crippen LogP contribution in [0.3, 0.4) is 0 Å². The van der Waals surface area contributed by atoms with Gasteiger partial charge in [-0.1, -0.05) is 11.6 Å². The molecule has 17 heavy (non-hydrogen) atoms. The van der Waals surface area contributed by atoms with Gasteiger partial charge in [-0.3, -0.25) is 0 Å². The number of hydrogen-bond donors (Lipinski definition) is 1. The fourth-order valence-electron chi connectivity index (χ4n) is 1.53. The van der Waals surface area contributed by atoms with Crippen LogP contribution < -0.4 is 4.72 Å². The van der Waals surface area contributed by atoms with Crippen molar-refractivity contribution in [2.45, 2.75) is 38.0 Å². The predicted octanol–water partition coefficient (Wildman–Crippen LogP) is 1.98. The molecule has 0 bridgehead atoms. The van der Waals surface area contributed by atoms with Crippen molar-refractivity contribution in [2.75, 3.05) is 12.4 Å². The number of nitrogens with one attached hydrogen (secondary N) is 1. The highest BCUT2D eigenvalue weighted by atomic mass is 35.5. The van der Waals surface area contributed by atoms with Crippen molar-refractivity contribution in [3.05, 3.63) is 11.5 Å². The monoisotopic (exact) mass is 280 g/mol. The molecule has 0 atom stereocenters. The second kappa shape index (κ2) is 6.37. The molecule has 5 nitrogen and oxygen atoms in total. The summed E-state index contributed by atoms with van der Waals surface area (Å²) in [6.45, 7) is 3.60. The van der Waals surface area contributed by atoms with E-state index in [2.05, 4.69) is 9.88 Å². The fraction of sp³-hybridized carbons (Fsp3) is 0.700. The minimum absolute atomic E-state index is 0.148. The molecule has 1 aromatic heterocycles. The zero-order valence-corrected chi connectivity index (χ0v) is 11.6. The normalized spacial score (nSPS) is 11.9. The number of alkyl halides is 1. The zero-order valence-electron chi connectivity index (χ0n) is 9.99. The van der Waals surface area contributed by atoms with Crippen molar-refractivity contribution in [3.63, 3.8) is 0 Å². The highest BCUT2D eigenvalue weighted by Crippen LogP contribution is 2.18. The number of rotatable bonds is 7. The van der Waals surface area contributed by atoms with Crippen LogP contribution in [-0.2, 0) is 10.0 Å². The van der Waals surface area contributed by atoms with Crippen LogP contribution in [-0.4, -0.2) is 26.0 Å². The number of unbranched alkanes of at least 4 members (excludes halogenated alkanes) is 2. The van der Waals surface area contributed by atoms with Gasteiger partial charge in [-0.15, -0.1) is 11.6 Å². The van der Waals surface area contributed by atoms with Gasteiger partial charge < -0.3 is 4.52 Å². The SMILES string of the molecule is Cc1noc(C)c1S(=O)(=O)NCCCCCCl. The van der Waals surface area contributed by atoms with E-state index in [9.17, 15) is 8.42 Å². The van der Waals surface area contributed by atoms with E-state index in [0.717, 1.165) is 19.3 Å². The second-order valence-electron chi connectivity index (χ2n) is 3.80. The highest BCUT2D eigenvalue weighted by Gasteiger charge is 2.23. The van der Waals surface area contributed by atoms with E-state index in [0.29, 0.717) is 23.9 Å². The molecule has 0 saturated carbocycles. The Bertz CT molecular complexity index is 437. The minimum atomic E-state index is -3.50. The van der Waals surface area contributed by atoms with Crippen molar-refractivity contribution in [1.82, 2.24) is 9.88 Å². The average Bonchev–Trinajstić information content (AvgIpc) is 2.58. The van der Waals surface area contributed by atoms with Gasteiger partial charge >= 0.3 is 0 Å². The first-order valence-corrected chi connectivity index (χ1v) is 7.49. The number of halogens is 1. The summed E-state index contributed by atoms with van der Waals surface area (Å²) in [5.74, 6) is 0.923. The van der Waals surface area contributed by atoms with Crippen LogP contribution in [0.5, 0.6) is 0 Å². The highest BCUT2D eigenvalue weighted by molar-refractivity contribution is 7.89. The Hall–Kier alpha value is -0.590. The van der Waals surface area contributed by atoms with E-state index < -0.39 is 10.0 Å². The molecule has 0 spiro atoms. The maximum atomic E-state index is 11.9. The summed E-state index contributed by atoms with van der Waals surface area (Å²) in [6, 6.07) is 0. The molecule has 0 saturated heterocycles. The topological polar surface area (TPSA) is 72.2 Å². The lowest BCUT2D eigenvalue weighted by Crippen LogP contribution is -2.25. The van der Waals surface area contributed by atoms with Crippen LogP contribution in [0.1, 0.15) is 30.7 Å². The summed E-state index contributed by atoms with van der Waals surface area (Å²) >= 11 is 5.53. The maximum Gasteiger partial charge on any atom is 0.245 e. The lowest BCUT2D eigenvalue weighted by Gasteiger charge is -2.05. The standard InChI is InChI=1S/C10H17ClN2O3S/c1-8-10(9(2)16-13-8)17(14,15)12-7-5-3-4-6-11/h12H,3-7H2,1-2H3. The smallest absolute Gasteiger partial charge is 0.245 e. The first-order chi connectivity index (χ1) is 7.99. The van der Waals surface area contributed by atoms with E-state index in [-0.39, 0.29) is 4.90 Å². The van der Waals surface area contributed by atoms with Crippen LogP contribution in [0.2, 0.25) is 0 Å². The number of nitrogens with zero attached hydrogens (tertiary/aromatic N) is 1. The summed E-state index contributed by atoms with van der Waals surface area (Å²) in [5.41, 5.74) is 0.385. The molecule has 0 aliphatic carbocycles. The molecule has 1 heterocycles. The van der Waals surface area contributed by atoms with Crippen LogP contribution >= 0.6 is 11.6 Å². The molecule has 0 radical (unpaired) electrons. The lowest BCUT2D eigenvalue weighted by molar-refractivity contribution is 0.390. The Morgan fingerprint density at radius 1 is 1.29 bits per heavy atom. The molecular weight excluding hydrogens is 264 g/mol. The first kappa shape index (κ1) is 14.5. The first-order valence-electron chi connectivity index (χ1n) is 5.47. The third-order valence-corrected chi connectivity index (χ3v) is 4.31. The van der Waals surface area contributed by atoms with Crippen LogP contribution in [0.4, 0.5) is 0 Å². The molecule has 98 valence electrons. The molecule has 0 aliphatic rings. The van der Waals surface area contributed by atoms with E-state index >= 15 is 0 Å². The maximum absolute atomic E-state index is 11.9. The lowest BCUT2D eigenvalue weighted by atomic mass is 10.2. The van der Waals surface area contributed by atoms with Gasteiger partial charge in [0, 0.05) is 12.4 Å². The Labute approximate surface area is 107 Å². The molecule has 7 heteroatoms. The van der Waals surface area contributed by atoms with Crippen LogP contribution in [0.25, 0.3) is 0 Å². The molecular formula is C10H17ClN2O3S. The Morgan fingerprint density at radius 3 is 2.53 bits per heavy atom. The van der Waals surface area contributed by atoms with Crippen molar-refractivity contribution in [1.29, 1.82) is 0 Å². The van der Waals surface area contributed by atoms with Gasteiger partial charge in [0.2, 0.25) is 10.0 Å². The number of hydrogen-bond acceptors (Lipinski definition) is 4. The molecule has 1 N–H and O–H groups in total. The third-order valence-electron chi connectivity index (χ3n) is 2.34. The quantitative estimate of drug-likeness (QED) is 0.612. The van der Waals surface area contributed by atoms with Gasteiger partial charge in [0.25, 0.3) is 0 Å². The number of sulfonamides is 1. The van der Waals surface area contributed by atoms with Gasteiger partial charge in [-0.25, -0.2) is 13.1 Å². The summed E-state index contributed by atoms with van der Waals surface area (Å²) in [6.07, 6.45) is 2.58. The Morgan fingerprint density at radius 2 is 2.00 bits per heavy atom. The summed E-state index contributed by atoms with van der Waals surface area (Å²) in [7, 11) is -3.50. The molecule has 0 aromatic carbocycles. The van der Waals surface area contributed by atoms with Gasteiger partial charge in [0.05, 0.1) is 0 Å². The van der Waals surface area contributed by atoms with Gasteiger partial charge in [0.1, 0.15) is 10.6 Å². The zero-order chi connectivity index (χ0) is 12.9. The van der Waals surface area contributed by atoms with Gasteiger partial charge in [0.15, 0.2) is 5.76 Å². The minimum Gasteiger partial charge on any atom is -0.360 e. The van der Waals surface area contributed by atoms with Crippen molar-refractivity contribution < 1.29 is 12.9 Å². The number of aryl methyl sites for hydroxylation is 2. The fourth-order valence-corrected chi connectivity index (χ4v) is 3.12. The van der Waals surface area contributed by atoms with Crippen molar-refractivity contribution in [2.24, 2.45) is 0 Å². The predicted molar refractivity (Wildman–Crippen MR) is 65.7 cm³/mol. The van der Waals surface area contributed by atoms with E-state index in [4.69, 9.17) is 16.1 Å². The van der Waals surface area contributed by atoms with Gasteiger partial charge in [-0.05, 0) is 26.7 Å². The largest absolute Gasteiger partial charge is 0.360 e. The van der Waals surface area contributed by atoms with E-state index in [1.807, 2.05) is 0 Å².